The molecule has 150 valence electrons. The Hall–Kier alpha value is -3.05. The number of para-hydroxylation sites is 3. The maximum Gasteiger partial charge on any atom is 0.264 e. The Labute approximate surface area is 180 Å². The standard InChI is InChI=1S/C25H23N3OS/c1-4-17-9-5-7-11-21(17)28-16(2)30-23-15-18(13-14-19(23)25(28)29)24-26-20-10-6-8-12-22(20)27(24)3/h5-12,14-15,18H,2,4,13H2,1,3H3. The Kier molecular flexibility index (Phi) is 4.63. The van der Waals surface area contributed by atoms with Crippen LogP contribution >= 0.6 is 11.8 Å². The molecule has 0 N–H and O–H groups in total. The van der Waals surface area contributed by atoms with Crippen LogP contribution in [0.25, 0.3) is 11.0 Å². The van der Waals surface area contributed by atoms with Crippen LogP contribution < -0.4 is 4.90 Å². The molecule has 0 bridgehead atoms. The number of fused-ring (bicyclic) bond motifs is 2. The maximum atomic E-state index is 13.4. The Morgan fingerprint density at radius 2 is 1.93 bits per heavy atom. The first-order valence-corrected chi connectivity index (χ1v) is 11.0. The number of carbonyl (C=O) groups excluding carboxylic acids is 1. The van der Waals surface area contributed by atoms with Gasteiger partial charge in [0.15, 0.2) is 0 Å². The molecular weight excluding hydrogens is 390 g/mol. The summed E-state index contributed by atoms with van der Waals surface area (Å²) in [4.78, 5) is 21.0. The van der Waals surface area contributed by atoms with Gasteiger partial charge in [-0.2, -0.15) is 0 Å². The second kappa shape index (κ2) is 7.33. The number of aryl methyl sites for hydroxylation is 2. The number of rotatable bonds is 3. The summed E-state index contributed by atoms with van der Waals surface area (Å²) in [5, 5.41) is 0.745. The average molecular weight is 414 g/mol. The Morgan fingerprint density at radius 1 is 1.17 bits per heavy atom. The molecule has 30 heavy (non-hydrogen) atoms. The van der Waals surface area contributed by atoms with Gasteiger partial charge in [0.05, 0.1) is 27.3 Å². The van der Waals surface area contributed by atoms with E-state index in [1.807, 2.05) is 36.4 Å². The van der Waals surface area contributed by atoms with Crippen molar-refractivity contribution in [1.29, 1.82) is 0 Å². The first-order chi connectivity index (χ1) is 14.6. The van der Waals surface area contributed by atoms with Gasteiger partial charge in [0.25, 0.3) is 5.91 Å². The van der Waals surface area contributed by atoms with Crippen molar-refractivity contribution >= 4 is 34.4 Å². The molecular formula is C25H23N3OS. The largest absolute Gasteiger partial charge is 0.331 e. The van der Waals surface area contributed by atoms with Gasteiger partial charge in [-0.05, 0) is 36.6 Å². The first-order valence-electron chi connectivity index (χ1n) is 10.2. The van der Waals surface area contributed by atoms with Crippen molar-refractivity contribution in [3.05, 3.63) is 94.2 Å². The van der Waals surface area contributed by atoms with Crippen LogP contribution in [-0.4, -0.2) is 15.5 Å². The molecule has 3 aromatic rings. The maximum absolute atomic E-state index is 13.4. The van der Waals surface area contributed by atoms with Gasteiger partial charge in [-0.15, -0.1) is 0 Å². The fourth-order valence-corrected chi connectivity index (χ4v) is 5.36. The number of anilines is 1. The van der Waals surface area contributed by atoms with Gasteiger partial charge >= 0.3 is 0 Å². The minimum atomic E-state index is 0.00866. The van der Waals surface area contributed by atoms with Gasteiger partial charge in [0.1, 0.15) is 5.82 Å². The van der Waals surface area contributed by atoms with E-state index >= 15 is 0 Å². The zero-order valence-corrected chi connectivity index (χ0v) is 17.9. The molecule has 1 unspecified atom stereocenters. The van der Waals surface area contributed by atoms with E-state index < -0.39 is 0 Å². The Bertz CT molecular complexity index is 1250. The van der Waals surface area contributed by atoms with Gasteiger partial charge in [0, 0.05) is 17.9 Å². The number of aromatic nitrogens is 2. The third-order valence-electron chi connectivity index (χ3n) is 5.87. The summed E-state index contributed by atoms with van der Waals surface area (Å²) in [6.45, 7) is 6.33. The van der Waals surface area contributed by atoms with E-state index in [-0.39, 0.29) is 11.8 Å². The van der Waals surface area contributed by atoms with Gasteiger partial charge in [-0.1, -0.05) is 67.7 Å². The Balaban J connectivity index is 1.50. The van der Waals surface area contributed by atoms with Crippen molar-refractivity contribution in [2.75, 3.05) is 4.90 Å². The fraction of sp³-hybridized carbons (Fsp3) is 0.200. The zero-order valence-electron chi connectivity index (χ0n) is 17.1. The molecule has 1 saturated heterocycles. The molecule has 5 heteroatoms. The summed E-state index contributed by atoms with van der Waals surface area (Å²) in [5.41, 5.74) is 4.98. The van der Waals surface area contributed by atoms with Crippen LogP contribution in [0.1, 0.15) is 30.7 Å². The van der Waals surface area contributed by atoms with Gasteiger partial charge in [-0.3, -0.25) is 9.69 Å². The molecule has 2 aliphatic rings. The quantitative estimate of drug-likeness (QED) is 0.554. The number of thioether (sulfide) groups is 1. The van der Waals surface area contributed by atoms with Gasteiger partial charge in [-0.25, -0.2) is 4.98 Å². The van der Waals surface area contributed by atoms with E-state index in [0.717, 1.165) is 56.5 Å². The van der Waals surface area contributed by atoms with Crippen LogP contribution in [0.2, 0.25) is 0 Å². The summed E-state index contributed by atoms with van der Waals surface area (Å²) in [7, 11) is 2.06. The van der Waals surface area contributed by atoms with E-state index in [1.165, 1.54) is 0 Å². The number of hydrogen-bond acceptors (Lipinski definition) is 3. The van der Waals surface area contributed by atoms with Crippen LogP contribution in [0.5, 0.6) is 0 Å². The molecule has 5 rings (SSSR count). The minimum Gasteiger partial charge on any atom is -0.331 e. The third kappa shape index (κ3) is 2.92. The lowest BCUT2D eigenvalue weighted by Crippen LogP contribution is -2.35. The average Bonchev–Trinajstić information content (AvgIpc) is 3.10. The number of allylic oxidation sites excluding steroid dienone is 2. The van der Waals surface area contributed by atoms with Crippen molar-refractivity contribution in [1.82, 2.24) is 9.55 Å². The summed E-state index contributed by atoms with van der Waals surface area (Å²) in [6.07, 6.45) is 5.89. The molecule has 0 spiro atoms. The highest BCUT2D eigenvalue weighted by molar-refractivity contribution is 8.07. The van der Waals surface area contributed by atoms with Crippen LogP contribution in [0, 0.1) is 0 Å². The lowest BCUT2D eigenvalue weighted by molar-refractivity contribution is -0.114. The monoisotopic (exact) mass is 413 g/mol. The highest BCUT2D eigenvalue weighted by atomic mass is 32.2. The highest BCUT2D eigenvalue weighted by Crippen LogP contribution is 2.46. The number of nitrogens with zero attached hydrogens (tertiary/aromatic N) is 3. The fourth-order valence-electron chi connectivity index (χ4n) is 4.32. The van der Waals surface area contributed by atoms with Crippen molar-refractivity contribution in [2.24, 2.45) is 7.05 Å². The van der Waals surface area contributed by atoms with Crippen molar-refractivity contribution in [2.45, 2.75) is 25.7 Å². The van der Waals surface area contributed by atoms with Crippen molar-refractivity contribution < 1.29 is 4.79 Å². The van der Waals surface area contributed by atoms with E-state index in [9.17, 15) is 4.79 Å². The second-order valence-corrected chi connectivity index (χ2v) is 8.74. The van der Waals surface area contributed by atoms with Crippen molar-refractivity contribution in [3.8, 4) is 0 Å². The predicted molar refractivity (Wildman–Crippen MR) is 124 cm³/mol. The van der Waals surface area contributed by atoms with Crippen LogP contribution in [0.3, 0.4) is 0 Å². The molecule has 0 radical (unpaired) electrons. The molecule has 1 atom stereocenters. The molecule has 1 amide bonds. The van der Waals surface area contributed by atoms with Gasteiger partial charge < -0.3 is 4.57 Å². The molecule has 1 aromatic heterocycles. The molecule has 0 saturated carbocycles. The van der Waals surface area contributed by atoms with Gasteiger partial charge in [0.2, 0.25) is 0 Å². The lowest BCUT2D eigenvalue weighted by atomic mass is 9.94. The highest BCUT2D eigenvalue weighted by Gasteiger charge is 2.35. The predicted octanol–water partition coefficient (Wildman–Crippen LogP) is 5.68. The lowest BCUT2D eigenvalue weighted by Gasteiger charge is -2.34. The zero-order chi connectivity index (χ0) is 20.8. The summed E-state index contributed by atoms with van der Waals surface area (Å²) >= 11 is 1.57. The molecule has 2 aromatic carbocycles. The normalized spacial score (nSPS) is 19.0. The summed E-state index contributed by atoms with van der Waals surface area (Å²) in [5.74, 6) is 1.18. The molecule has 2 heterocycles. The third-order valence-corrected chi connectivity index (χ3v) is 6.87. The smallest absolute Gasteiger partial charge is 0.264 e. The van der Waals surface area contributed by atoms with Crippen LogP contribution in [0.15, 0.2) is 82.8 Å². The molecule has 1 aliphatic heterocycles. The Morgan fingerprint density at radius 3 is 2.73 bits per heavy atom. The second-order valence-electron chi connectivity index (χ2n) is 7.63. The molecule has 1 aliphatic carbocycles. The molecule has 4 nitrogen and oxygen atoms in total. The SMILES string of the molecule is C=C1SC2=CC(c3nc4ccccc4n3C)CC=C2C(=O)N1c1ccccc1CC. The number of benzene rings is 2. The number of hydrogen-bond donors (Lipinski definition) is 0. The van der Waals surface area contributed by atoms with Crippen molar-refractivity contribution in [3.63, 3.8) is 0 Å². The number of imidazole rings is 1. The van der Waals surface area contributed by atoms with E-state index in [1.54, 1.807) is 16.7 Å². The number of carbonyl (C=O) groups is 1. The van der Waals surface area contributed by atoms with E-state index in [4.69, 9.17) is 4.98 Å². The van der Waals surface area contributed by atoms with Crippen LogP contribution in [0.4, 0.5) is 5.69 Å². The van der Waals surface area contributed by atoms with E-state index in [2.05, 4.69) is 49.4 Å². The first kappa shape index (κ1) is 18.9. The summed E-state index contributed by atoms with van der Waals surface area (Å²) < 4.78 is 2.16. The topological polar surface area (TPSA) is 38.1 Å². The summed E-state index contributed by atoms with van der Waals surface area (Å²) in [6, 6.07) is 16.2. The van der Waals surface area contributed by atoms with E-state index in [0.29, 0.717) is 0 Å². The minimum absolute atomic E-state index is 0.00866. The van der Waals surface area contributed by atoms with Crippen LogP contribution in [-0.2, 0) is 18.3 Å². The number of amides is 1. The molecule has 1 fully saturated rings.